The molecule has 0 saturated carbocycles. The number of hydrazine groups is 1. The summed E-state index contributed by atoms with van der Waals surface area (Å²) in [5, 5.41) is 10.1. The second-order valence-electron chi connectivity index (χ2n) is 7.25. The van der Waals surface area contributed by atoms with Crippen LogP contribution in [0.1, 0.15) is 37.3 Å². The molecule has 2 aliphatic heterocycles. The molecular formula is C21H21Cl3N4O. The Morgan fingerprint density at radius 3 is 2.34 bits per heavy atom. The number of rotatable bonds is 4. The molecule has 0 aromatic heterocycles. The number of carbonyl (C=O) groups excluding carboxylic acids is 1. The Morgan fingerprint density at radius 2 is 1.66 bits per heavy atom. The molecule has 0 unspecified atom stereocenters. The number of hydrogen-bond donors (Lipinski definition) is 1. The number of hydrazone groups is 1. The van der Waals surface area contributed by atoms with Gasteiger partial charge in [0.05, 0.1) is 16.8 Å². The average Bonchev–Trinajstić information content (AvgIpc) is 3.14. The highest BCUT2D eigenvalue weighted by Gasteiger charge is 2.34. The predicted molar refractivity (Wildman–Crippen MR) is 119 cm³/mol. The Bertz CT molecular complexity index is 926. The van der Waals surface area contributed by atoms with Crippen LogP contribution < -0.4 is 10.4 Å². The molecule has 2 aromatic carbocycles. The molecule has 1 amide bonds. The van der Waals surface area contributed by atoms with Gasteiger partial charge in [-0.15, -0.1) is 0 Å². The number of hydrogen-bond acceptors (Lipinski definition) is 4. The van der Waals surface area contributed by atoms with E-state index in [0.717, 1.165) is 31.5 Å². The van der Waals surface area contributed by atoms with Gasteiger partial charge in [-0.25, -0.2) is 5.01 Å². The summed E-state index contributed by atoms with van der Waals surface area (Å²) in [6.45, 7) is 1.73. The third-order valence-corrected chi connectivity index (χ3v) is 5.99. The minimum absolute atomic E-state index is 0.159. The molecule has 1 N–H and O–H groups in total. The Hall–Kier alpha value is -1.79. The lowest BCUT2D eigenvalue weighted by molar-refractivity contribution is -0.119. The average molecular weight is 452 g/mol. The van der Waals surface area contributed by atoms with Crippen LogP contribution in [0.3, 0.4) is 0 Å². The summed E-state index contributed by atoms with van der Waals surface area (Å²) >= 11 is 18.6. The van der Waals surface area contributed by atoms with Crippen molar-refractivity contribution in [3.8, 4) is 0 Å². The lowest BCUT2D eigenvalue weighted by atomic mass is 10.0. The van der Waals surface area contributed by atoms with E-state index in [1.807, 2.05) is 35.3 Å². The van der Waals surface area contributed by atoms with Crippen molar-refractivity contribution in [3.63, 3.8) is 0 Å². The molecule has 152 valence electrons. The fraction of sp³-hybridized carbons (Fsp3) is 0.333. The number of nitrogens with one attached hydrogen (secondary N) is 1. The normalized spacial score (nSPS) is 19.9. The topological polar surface area (TPSA) is 47.9 Å². The molecule has 8 heteroatoms. The Labute approximate surface area is 185 Å². The van der Waals surface area contributed by atoms with Crippen molar-refractivity contribution in [1.82, 2.24) is 10.4 Å². The second-order valence-corrected chi connectivity index (χ2v) is 8.53. The van der Waals surface area contributed by atoms with Gasteiger partial charge in [0.15, 0.2) is 0 Å². The van der Waals surface area contributed by atoms with Gasteiger partial charge in [-0.2, -0.15) is 5.10 Å². The third kappa shape index (κ3) is 4.69. The standard InChI is InChI=1S/C21H21Cl3N4O/c22-15-6-4-14(5-7-15)20-13-18(21(29)26-27-10-2-1-3-11-27)25-28(20)19-9-8-16(23)12-17(19)24/h4-9,12,20H,1-3,10-11,13H2,(H,26,29)/t20-/m1/s1. The van der Waals surface area contributed by atoms with Crippen LogP contribution in [0.25, 0.3) is 0 Å². The SMILES string of the molecule is O=C(NN1CCCCC1)C1=NN(c2ccc(Cl)cc2Cl)[C@@H](c2ccc(Cl)cc2)C1. The lowest BCUT2D eigenvalue weighted by Gasteiger charge is -2.26. The van der Waals surface area contributed by atoms with Crippen LogP contribution in [0.4, 0.5) is 5.69 Å². The van der Waals surface area contributed by atoms with E-state index in [2.05, 4.69) is 10.5 Å². The maximum Gasteiger partial charge on any atom is 0.281 e. The highest BCUT2D eigenvalue weighted by Crippen LogP contribution is 2.39. The second kappa shape index (κ2) is 8.92. The molecule has 1 atom stereocenters. The van der Waals surface area contributed by atoms with Crippen molar-refractivity contribution in [2.75, 3.05) is 18.1 Å². The van der Waals surface area contributed by atoms with E-state index in [4.69, 9.17) is 34.8 Å². The predicted octanol–water partition coefficient (Wildman–Crippen LogP) is 5.47. The third-order valence-electron chi connectivity index (χ3n) is 5.20. The van der Waals surface area contributed by atoms with Gasteiger partial charge < -0.3 is 0 Å². The van der Waals surface area contributed by atoms with E-state index >= 15 is 0 Å². The smallest absolute Gasteiger partial charge is 0.281 e. The number of benzene rings is 2. The van der Waals surface area contributed by atoms with Gasteiger partial charge in [-0.3, -0.25) is 15.2 Å². The summed E-state index contributed by atoms with van der Waals surface area (Å²) in [7, 11) is 0. The Balaban J connectivity index is 1.62. The van der Waals surface area contributed by atoms with Crippen LogP contribution in [0.5, 0.6) is 0 Å². The van der Waals surface area contributed by atoms with E-state index in [-0.39, 0.29) is 11.9 Å². The number of amides is 1. The highest BCUT2D eigenvalue weighted by molar-refractivity contribution is 6.40. The van der Waals surface area contributed by atoms with Gasteiger partial charge in [0.25, 0.3) is 5.91 Å². The first-order valence-electron chi connectivity index (χ1n) is 9.64. The van der Waals surface area contributed by atoms with Gasteiger partial charge in [0, 0.05) is 29.6 Å². The van der Waals surface area contributed by atoms with Gasteiger partial charge in [0.2, 0.25) is 0 Å². The molecule has 0 bridgehead atoms. The summed E-state index contributed by atoms with van der Waals surface area (Å²) in [6.07, 6.45) is 3.86. The largest absolute Gasteiger partial charge is 0.284 e. The molecule has 2 aromatic rings. The molecule has 2 aliphatic rings. The number of anilines is 1. The van der Waals surface area contributed by atoms with Crippen molar-refractivity contribution in [2.45, 2.75) is 31.7 Å². The van der Waals surface area contributed by atoms with Crippen LogP contribution in [-0.4, -0.2) is 29.7 Å². The summed E-state index contributed by atoms with van der Waals surface area (Å²) < 4.78 is 0. The summed E-state index contributed by atoms with van der Waals surface area (Å²) in [5.41, 5.74) is 5.18. The molecule has 1 fully saturated rings. The first-order valence-corrected chi connectivity index (χ1v) is 10.8. The van der Waals surface area contributed by atoms with E-state index in [9.17, 15) is 4.79 Å². The molecule has 4 rings (SSSR count). The molecular weight excluding hydrogens is 431 g/mol. The molecule has 5 nitrogen and oxygen atoms in total. The van der Waals surface area contributed by atoms with E-state index < -0.39 is 0 Å². The number of carbonyl (C=O) groups is 1. The van der Waals surface area contributed by atoms with Crippen LogP contribution in [0, 0.1) is 0 Å². The zero-order valence-corrected chi connectivity index (χ0v) is 18.0. The Morgan fingerprint density at radius 1 is 0.966 bits per heavy atom. The maximum atomic E-state index is 12.9. The highest BCUT2D eigenvalue weighted by atomic mass is 35.5. The van der Waals surface area contributed by atoms with Crippen LogP contribution in [0.15, 0.2) is 47.6 Å². The van der Waals surface area contributed by atoms with Crippen LogP contribution >= 0.6 is 34.8 Å². The minimum atomic E-state index is -0.168. The lowest BCUT2D eigenvalue weighted by Crippen LogP contribution is -2.47. The quantitative estimate of drug-likeness (QED) is 0.670. The summed E-state index contributed by atoms with van der Waals surface area (Å²) in [4.78, 5) is 12.9. The molecule has 0 radical (unpaired) electrons. The number of piperidine rings is 1. The van der Waals surface area contributed by atoms with Crippen molar-refractivity contribution < 1.29 is 4.79 Å². The van der Waals surface area contributed by atoms with Gasteiger partial charge in [-0.1, -0.05) is 53.4 Å². The van der Waals surface area contributed by atoms with Crippen LogP contribution in [-0.2, 0) is 4.79 Å². The maximum absolute atomic E-state index is 12.9. The number of halogens is 3. The van der Waals surface area contributed by atoms with Crippen molar-refractivity contribution in [3.05, 3.63) is 63.1 Å². The zero-order chi connectivity index (χ0) is 20.4. The first kappa shape index (κ1) is 20.5. The van der Waals surface area contributed by atoms with E-state index in [1.165, 1.54) is 6.42 Å². The van der Waals surface area contributed by atoms with Crippen molar-refractivity contribution >= 4 is 52.1 Å². The van der Waals surface area contributed by atoms with E-state index in [0.29, 0.717) is 32.9 Å². The van der Waals surface area contributed by atoms with Crippen molar-refractivity contribution in [1.29, 1.82) is 0 Å². The molecule has 2 heterocycles. The fourth-order valence-electron chi connectivity index (χ4n) is 3.69. The van der Waals surface area contributed by atoms with E-state index in [1.54, 1.807) is 17.1 Å². The van der Waals surface area contributed by atoms with Crippen molar-refractivity contribution in [2.24, 2.45) is 5.10 Å². The molecule has 0 aliphatic carbocycles. The molecule has 29 heavy (non-hydrogen) atoms. The molecule has 1 saturated heterocycles. The minimum Gasteiger partial charge on any atom is -0.284 e. The number of nitrogens with zero attached hydrogens (tertiary/aromatic N) is 3. The first-order chi connectivity index (χ1) is 14.0. The zero-order valence-electron chi connectivity index (χ0n) is 15.7. The fourth-order valence-corrected chi connectivity index (χ4v) is 4.32. The monoisotopic (exact) mass is 450 g/mol. The van der Waals surface area contributed by atoms with Gasteiger partial charge in [-0.05, 0) is 48.7 Å². The van der Waals surface area contributed by atoms with Crippen LogP contribution in [0.2, 0.25) is 15.1 Å². The summed E-state index contributed by atoms with van der Waals surface area (Å²) in [5.74, 6) is -0.168. The van der Waals surface area contributed by atoms with Gasteiger partial charge in [0.1, 0.15) is 5.71 Å². The summed E-state index contributed by atoms with van der Waals surface area (Å²) in [6, 6.07) is 12.7. The molecule has 0 spiro atoms. The Kier molecular flexibility index (Phi) is 6.30. The van der Waals surface area contributed by atoms with Gasteiger partial charge >= 0.3 is 0 Å².